The van der Waals surface area contributed by atoms with Gasteiger partial charge in [0.05, 0.1) is 0 Å². The molecule has 6 nitrogen and oxygen atoms in total. The van der Waals surface area contributed by atoms with E-state index >= 15 is 0 Å². The van der Waals surface area contributed by atoms with Crippen LogP contribution in [0.15, 0.2) is 0 Å². The summed E-state index contributed by atoms with van der Waals surface area (Å²) < 4.78 is 0. The zero-order valence-corrected chi connectivity index (χ0v) is 12.6. The highest BCUT2D eigenvalue weighted by Crippen LogP contribution is 2.46. The van der Waals surface area contributed by atoms with E-state index in [0.29, 0.717) is 19.3 Å². The molecular formula is C15H24N2O4. The predicted octanol–water partition coefficient (Wildman–Crippen LogP) is 1.05. The predicted molar refractivity (Wildman–Crippen MR) is 76.5 cm³/mol. The van der Waals surface area contributed by atoms with Crippen molar-refractivity contribution in [2.75, 3.05) is 0 Å². The van der Waals surface area contributed by atoms with Crippen molar-refractivity contribution in [2.24, 2.45) is 11.3 Å². The quantitative estimate of drug-likeness (QED) is 0.661. The second-order valence-corrected chi connectivity index (χ2v) is 6.58. The van der Waals surface area contributed by atoms with E-state index in [1.54, 1.807) is 0 Å². The summed E-state index contributed by atoms with van der Waals surface area (Å²) in [6.07, 6.45) is 3.94. The van der Waals surface area contributed by atoms with Gasteiger partial charge in [0.15, 0.2) is 0 Å². The largest absolute Gasteiger partial charge is 0.480 e. The van der Waals surface area contributed by atoms with E-state index in [4.69, 9.17) is 5.11 Å². The molecule has 0 aromatic rings. The summed E-state index contributed by atoms with van der Waals surface area (Å²) in [6.45, 7) is 3.84. The van der Waals surface area contributed by atoms with E-state index in [1.165, 1.54) is 0 Å². The average molecular weight is 296 g/mol. The van der Waals surface area contributed by atoms with Gasteiger partial charge >= 0.3 is 5.97 Å². The highest BCUT2D eigenvalue weighted by atomic mass is 16.4. The van der Waals surface area contributed by atoms with Crippen LogP contribution in [0.1, 0.15) is 52.4 Å². The molecule has 21 heavy (non-hydrogen) atoms. The van der Waals surface area contributed by atoms with Crippen LogP contribution in [0.5, 0.6) is 0 Å². The summed E-state index contributed by atoms with van der Waals surface area (Å²) in [6, 6.07) is 0.0141. The maximum atomic E-state index is 12.1. The monoisotopic (exact) mass is 296 g/mol. The van der Waals surface area contributed by atoms with Crippen LogP contribution in [0.25, 0.3) is 0 Å². The maximum absolute atomic E-state index is 12.1. The lowest BCUT2D eigenvalue weighted by atomic mass is 9.84. The SMILES string of the molecule is CC(C)NC(=O)C1CCCC(NC(=O)C2(C(=O)O)CC2)C1. The van der Waals surface area contributed by atoms with Crippen LogP contribution in [-0.2, 0) is 14.4 Å². The molecule has 0 aromatic heterocycles. The van der Waals surface area contributed by atoms with Gasteiger partial charge in [-0.1, -0.05) is 6.42 Å². The minimum Gasteiger partial charge on any atom is -0.480 e. The fourth-order valence-electron chi connectivity index (χ4n) is 2.95. The molecular weight excluding hydrogens is 272 g/mol. The zero-order valence-electron chi connectivity index (χ0n) is 12.6. The Morgan fingerprint density at radius 1 is 1.19 bits per heavy atom. The van der Waals surface area contributed by atoms with Crippen molar-refractivity contribution < 1.29 is 19.5 Å². The molecule has 2 saturated carbocycles. The second-order valence-electron chi connectivity index (χ2n) is 6.58. The third kappa shape index (κ3) is 3.54. The van der Waals surface area contributed by atoms with Crippen molar-refractivity contribution in [3.63, 3.8) is 0 Å². The lowest BCUT2D eigenvalue weighted by Crippen LogP contribution is -2.47. The average Bonchev–Trinajstić information content (AvgIpc) is 3.19. The molecule has 2 amide bonds. The molecule has 0 aliphatic heterocycles. The molecule has 0 heterocycles. The first kappa shape index (κ1) is 15.8. The fourth-order valence-corrected chi connectivity index (χ4v) is 2.95. The first-order valence-electron chi connectivity index (χ1n) is 7.70. The Morgan fingerprint density at radius 3 is 2.38 bits per heavy atom. The van der Waals surface area contributed by atoms with Crippen molar-refractivity contribution in [2.45, 2.75) is 64.5 Å². The molecule has 2 fully saturated rings. The van der Waals surface area contributed by atoms with Crippen molar-refractivity contribution in [1.82, 2.24) is 10.6 Å². The van der Waals surface area contributed by atoms with Crippen LogP contribution in [0.3, 0.4) is 0 Å². The number of carboxylic acids is 1. The van der Waals surface area contributed by atoms with Gasteiger partial charge in [0.2, 0.25) is 11.8 Å². The number of hydrogen-bond donors (Lipinski definition) is 3. The lowest BCUT2D eigenvalue weighted by molar-refractivity contribution is -0.149. The molecule has 0 saturated heterocycles. The fraction of sp³-hybridized carbons (Fsp3) is 0.800. The first-order valence-corrected chi connectivity index (χ1v) is 7.70. The summed E-state index contributed by atoms with van der Waals surface area (Å²) in [7, 11) is 0. The van der Waals surface area contributed by atoms with Crippen LogP contribution in [0, 0.1) is 11.3 Å². The third-order valence-corrected chi connectivity index (χ3v) is 4.41. The summed E-state index contributed by atoms with van der Waals surface area (Å²) >= 11 is 0. The topological polar surface area (TPSA) is 95.5 Å². The van der Waals surface area contributed by atoms with E-state index in [0.717, 1.165) is 19.3 Å². The molecule has 2 aliphatic carbocycles. The van der Waals surface area contributed by atoms with Gasteiger partial charge in [-0.3, -0.25) is 14.4 Å². The van der Waals surface area contributed by atoms with E-state index in [9.17, 15) is 14.4 Å². The Bertz CT molecular complexity index is 443. The molecule has 3 N–H and O–H groups in total. The van der Waals surface area contributed by atoms with Crippen molar-refractivity contribution >= 4 is 17.8 Å². The maximum Gasteiger partial charge on any atom is 0.319 e. The molecule has 2 aliphatic rings. The summed E-state index contributed by atoms with van der Waals surface area (Å²) in [4.78, 5) is 35.3. The van der Waals surface area contributed by atoms with Gasteiger partial charge in [0.1, 0.15) is 5.41 Å². The molecule has 0 radical (unpaired) electrons. The lowest BCUT2D eigenvalue weighted by Gasteiger charge is -2.30. The van der Waals surface area contributed by atoms with Crippen LogP contribution in [0.2, 0.25) is 0 Å². The number of carbonyl (C=O) groups is 3. The molecule has 0 aromatic carbocycles. The van der Waals surface area contributed by atoms with Crippen LogP contribution in [-0.4, -0.2) is 35.0 Å². The third-order valence-electron chi connectivity index (χ3n) is 4.41. The number of rotatable bonds is 5. The van der Waals surface area contributed by atoms with Crippen molar-refractivity contribution in [1.29, 1.82) is 0 Å². The van der Waals surface area contributed by atoms with Gasteiger partial charge in [0.25, 0.3) is 0 Å². The summed E-state index contributed by atoms with van der Waals surface area (Å²) in [5.41, 5.74) is -1.20. The summed E-state index contributed by atoms with van der Waals surface area (Å²) in [5.74, 6) is -1.48. The number of carbonyl (C=O) groups excluding carboxylic acids is 2. The van der Waals surface area contributed by atoms with Crippen LogP contribution in [0.4, 0.5) is 0 Å². The number of carboxylic acid groups (broad SMARTS) is 1. The van der Waals surface area contributed by atoms with Gasteiger partial charge in [-0.25, -0.2) is 0 Å². The Morgan fingerprint density at radius 2 is 1.86 bits per heavy atom. The zero-order chi connectivity index (χ0) is 15.6. The van der Waals surface area contributed by atoms with E-state index < -0.39 is 11.4 Å². The Labute approximate surface area is 124 Å². The molecule has 2 atom stereocenters. The molecule has 0 bridgehead atoms. The molecule has 0 spiro atoms. The van der Waals surface area contributed by atoms with E-state index in [1.807, 2.05) is 13.8 Å². The van der Waals surface area contributed by atoms with Gasteiger partial charge in [-0.05, 0) is 46.0 Å². The normalized spacial score (nSPS) is 27.0. The highest BCUT2D eigenvalue weighted by molar-refractivity contribution is 6.04. The Hall–Kier alpha value is -1.59. The highest BCUT2D eigenvalue weighted by Gasteiger charge is 2.57. The molecule has 118 valence electrons. The van der Waals surface area contributed by atoms with Gasteiger partial charge in [0, 0.05) is 18.0 Å². The number of hydrogen-bond acceptors (Lipinski definition) is 3. The smallest absolute Gasteiger partial charge is 0.319 e. The number of amides is 2. The van der Waals surface area contributed by atoms with Gasteiger partial charge in [-0.15, -0.1) is 0 Å². The Balaban J connectivity index is 1.88. The molecule has 2 unspecified atom stereocenters. The van der Waals surface area contributed by atoms with Crippen molar-refractivity contribution in [3.8, 4) is 0 Å². The second kappa shape index (κ2) is 6.03. The molecule has 6 heteroatoms. The van der Waals surface area contributed by atoms with E-state index in [-0.39, 0.29) is 29.8 Å². The number of aliphatic carboxylic acids is 1. The van der Waals surface area contributed by atoms with E-state index in [2.05, 4.69) is 10.6 Å². The number of nitrogens with one attached hydrogen (secondary N) is 2. The minimum atomic E-state index is -1.20. The van der Waals surface area contributed by atoms with Gasteiger partial charge in [-0.2, -0.15) is 0 Å². The minimum absolute atomic E-state index is 0.0309. The van der Waals surface area contributed by atoms with Crippen molar-refractivity contribution in [3.05, 3.63) is 0 Å². The Kier molecular flexibility index (Phi) is 4.54. The van der Waals surface area contributed by atoms with Crippen LogP contribution >= 0.6 is 0 Å². The standard InChI is InChI=1S/C15H24N2O4/c1-9(2)16-12(18)10-4-3-5-11(8-10)17-13(19)15(6-7-15)14(20)21/h9-11H,3-8H2,1-2H3,(H,16,18)(H,17,19)(H,20,21). The first-order chi connectivity index (χ1) is 9.85. The van der Waals surface area contributed by atoms with Gasteiger partial charge < -0.3 is 15.7 Å². The summed E-state index contributed by atoms with van der Waals surface area (Å²) in [5, 5.41) is 14.9. The van der Waals surface area contributed by atoms with Crippen LogP contribution < -0.4 is 10.6 Å². The molecule has 2 rings (SSSR count).